The van der Waals surface area contributed by atoms with E-state index >= 15 is 0 Å². The fourth-order valence-electron chi connectivity index (χ4n) is 3.23. The van der Waals surface area contributed by atoms with Gasteiger partial charge in [-0.05, 0) is 65.7 Å². The molecule has 37 heavy (non-hydrogen) atoms. The normalized spacial score (nSPS) is 11.5. The Balaban J connectivity index is 1.76. The molecule has 0 aromatic heterocycles. The summed E-state index contributed by atoms with van der Waals surface area (Å²) in [5.74, 6) is 0.389. The van der Waals surface area contributed by atoms with Gasteiger partial charge in [0.25, 0.3) is 5.91 Å². The lowest BCUT2D eigenvalue weighted by molar-refractivity contribution is -0.121. The molecule has 0 radical (unpaired) electrons. The molecule has 0 atom stereocenters. The fraction of sp³-hybridized carbons (Fsp3) is 0.154. The van der Waals surface area contributed by atoms with E-state index in [2.05, 4.69) is 17.1 Å². The molecule has 1 amide bonds. The summed E-state index contributed by atoms with van der Waals surface area (Å²) in [5.41, 5.74) is 3.62. The zero-order chi connectivity index (χ0) is 26.8. The number of carbonyl (C=O) groups is 1. The highest BCUT2D eigenvalue weighted by atomic mass is 35.5. The van der Waals surface area contributed by atoms with Crippen molar-refractivity contribution in [1.29, 1.82) is 0 Å². The summed E-state index contributed by atoms with van der Waals surface area (Å²) in [6.45, 7) is 3.38. The van der Waals surface area contributed by atoms with Crippen LogP contribution in [0.5, 0.6) is 11.5 Å². The Hall–Kier alpha value is -3.37. The average Bonchev–Trinajstić information content (AvgIpc) is 2.87. The van der Waals surface area contributed by atoms with E-state index in [9.17, 15) is 13.2 Å². The first-order valence-corrected chi connectivity index (χ1v) is 13.2. The predicted octanol–water partition coefficient (Wildman–Crippen LogP) is 4.91. The van der Waals surface area contributed by atoms with E-state index < -0.39 is 22.5 Å². The second-order valence-electron chi connectivity index (χ2n) is 7.66. The smallest absolute Gasteiger partial charge is 0.255 e. The summed E-state index contributed by atoms with van der Waals surface area (Å²) in [6.07, 6.45) is 3.03. The summed E-state index contributed by atoms with van der Waals surface area (Å²) < 4.78 is 38.6. The number of benzene rings is 3. The van der Waals surface area contributed by atoms with Gasteiger partial charge >= 0.3 is 0 Å². The minimum Gasteiger partial charge on any atom is -0.493 e. The van der Waals surface area contributed by atoms with Crippen molar-refractivity contribution in [1.82, 2.24) is 9.73 Å². The third-order valence-corrected chi connectivity index (χ3v) is 7.26. The van der Waals surface area contributed by atoms with Crippen molar-refractivity contribution >= 4 is 45.3 Å². The average molecular weight is 562 g/mol. The fourth-order valence-corrected chi connectivity index (χ4v) is 4.95. The Morgan fingerprint density at radius 1 is 1.05 bits per heavy atom. The Kier molecular flexibility index (Phi) is 10.1. The quantitative estimate of drug-likeness (QED) is 0.192. The number of carbonyl (C=O) groups excluding carboxylic acids is 1. The number of hydrazone groups is 1. The zero-order valence-electron chi connectivity index (χ0n) is 19.9. The van der Waals surface area contributed by atoms with Gasteiger partial charge in [0.05, 0.1) is 24.8 Å². The van der Waals surface area contributed by atoms with Crippen molar-refractivity contribution in [2.24, 2.45) is 5.10 Å². The zero-order valence-corrected chi connectivity index (χ0v) is 22.3. The summed E-state index contributed by atoms with van der Waals surface area (Å²) in [7, 11) is -2.53. The predicted molar refractivity (Wildman–Crippen MR) is 145 cm³/mol. The molecule has 0 bridgehead atoms. The first-order chi connectivity index (χ1) is 17.7. The van der Waals surface area contributed by atoms with Gasteiger partial charge in [0, 0.05) is 16.6 Å². The van der Waals surface area contributed by atoms with Crippen LogP contribution < -0.4 is 14.9 Å². The number of hydrogen-bond acceptors (Lipinski definition) is 6. The first-order valence-electron chi connectivity index (χ1n) is 11.0. The molecule has 0 saturated carbocycles. The van der Waals surface area contributed by atoms with E-state index in [0.29, 0.717) is 39.3 Å². The van der Waals surface area contributed by atoms with Gasteiger partial charge in [-0.25, -0.2) is 13.8 Å². The van der Waals surface area contributed by atoms with Crippen molar-refractivity contribution in [2.75, 3.05) is 20.3 Å². The van der Waals surface area contributed by atoms with E-state index in [1.807, 2.05) is 0 Å². The molecule has 3 rings (SSSR count). The third-order valence-electron chi connectivity index (χ3n) is 4.97. The molecule has 0 fully saturated rings. The van der Waals surface area contributed by atoms with Gasteiger partial charge in [-0.1, -0.05) is 48.0 Å². The van der Waals surface area contributed by atoms with Gasteiger partial charge in [0.2, 0.25) is 10.0 Å². The van der Waals surface area contributed by atoms with Gasteiger partial charge in [0.15, 0.2) is 11.5 Å². The molecule has 1 N–H and O–H groups in total. The van der Waals surface area contributed by atoms with E-state index in [1.54, 1.807) is 48.5 Å². The molecule has 194 valence electrons. The first kappa shape index (κ1) is 28.2. The molecule has 0 aliphatic carbocycles. The summed E-state index contributed by atoms with van der Waals surface area (Å²) in [6, 6.07) is 17.6. The lowest BCUT2D eigenvalue weighted by atomic mass is 10.2. The molecule has 0 aliphatic rings. The number of sulfonamides is 1. The molecule has 0 heterocycles. The van der Waals surface area contributed by atoms with Gasteiger partial charge in [-0.15, -0.1) is 0 Å². The van der Waals surface area contributed by atoms with Crippen LogP contribution in [0, 0.1) is 0 Å². The minimum absolute atomic E-state index is 0.00101. The molecule has 0 aliphatic heterocycles. The van der Waals surface area contributed by atoms with E-state index in [0.717, 1.165) is 4.31 Å². The SMILES string of the molecule is C=CCOc1ccc(/C=N\NC(=O)CN(Cc2cccc(Cl)c2)S(=O)(=O)c2ccc(Cl)cc2)cc1OC. The Bertz CT molecular complexity index is 1380. The van der Waals surface area contributed by atoms with Crippen LogP contribution in [0.3, 0.4) is 0 Å². The van der Waals surface area contributed by atoms with E-state index in [4.69, 9.17) is 32.7 Å². The van der Waals surface area contributed by atoms with Gasteiger partial charge in [-0.2, -0.15) is 9.41 Å². The van der Waals surface area contributed by atoms with Crippen LogP contribution in [0.4, 0.5) is 0 Å². The monoisotopic (exact) mass is 561 g/mol. The number of rotatable bonds is 12. The maximum Gasteiger partial charge on any atom is 0.255 e. The van der Waals surface area contributed by atoms with Crippen molar-refractivity contribution in [2.45, 2.75) is 11.4 Å². The lowest BCUT2D eigenvalue weighted by Gasteiger charge is -2.21. The minimum atomic E-state index is -4.04. The molecule has 0 unspecified atom stereocenters. The number of hydrogen-bond donors (Lipinski definition) is 1. The highest BCUT2D eigenvalue weighted by Gasteiger charge is 2.27. The maximum absolute atomic E-state index is 13.3. The number of methoxy groups -OCH3 is 1. The number of nitrogens with zero attached hydrogens (tertiary/aromatic N) is 2. The summed E-state index contributed by atoms with van der Waals surface area (Å²) in [5, 5.41) is 4.80. The van der Waals surface area contributed by atoms with Gasteiger partial charge in [0.1, 0.15) is 6.61 Å². The molecule has 0 saturated heterocycles. The molecular weight excluding hydrogens is 537 g/mol. The Morgan fingerprint density at radius 2 is 1.81 bits per heavy atom. The molecule has 3 aromatic carbocycles. The second-order valence-corrected chi connectivity index (χ2v) is 10.5. The van der Waals surface area contributed by atoms with Crippen molar-refractivity contribution in [3.05, 3.63) is 101 Å². The van der Waals surface area contributed by atoms with Crippen LogP contribution in [0.2, 0.25) is 10.0 Å². The highest BCUT2D eigenvalue weighted by molar-refractivity contribution is 7.89. The lowest BCUT2D eigenvalue weighted by Crippen LogP contribution is -2.39. The standard InChI is InChI=1S/C26H25Cl2N3O5S/c1-3-13-36-24-12-7-19(15-25(24)35-2)16-29-30-26(32)18-31(17-20-5-4-6-22(28)14-20)37(33,34)23-10-8-21(27)9-11-23/h3-12,14-16H,1,13,17-18H2,2H3,(H,30,32)/b29-16-. The number of nitrogens with one attached hydrogen (secondary N) is 1. The number of halogens is 2. The van der Waals surface area contributed by atoms with Crippen LogP contribution in [0.15, 0.2) is 89.4 Å². The second kappa shape index (κ2) is 13.3. The van der Waals surface area contributed by atoms with Crippen molar-refractivity contribution < 1.29 is 22.7 Å². The topological polar surface area (TPSA) is 97.3 Å². The molecule has 0 spiro atoms. The number of ether oxygens (including phenoxy) is 2. The molecular formula is C26H25Cl2N3O5S. The van der Waals surface area contributed by atoms with E-state index in [1.165, 1.54) is 37.6 Å². The summed E-state index contributed by atoms with van der Waals surface area (Å²) >= 11 is 12.0. The van der Waals surface area contributed by atoms with Gasteiger partial charge in [-0.3, -0.25) is 4.79 Å². The molecule has 8 nitrogen and oxygen atoms in total. The largest absolute Gasteiger partial charge is 0.493 e. The molecule has 11 heteroatoms. The van der Waals surface area contributed by atoms with Crippen LogP contribution in [-0.4, -0.2) is 45.1 Å². The van der Waals surface area contributed by atoms with Crippen LogP contribution >= 0.6 is 23.2 Å². The Morgan fingerprint density at radius 3 is 2.49 bits per heavy atom. The van der Waals surface area contributed by atoms with Crippen molar-refractivity contribution in [3.63, 3.8) is 0 Å². The summed E-state index contributed by atoms with van der Waals surface area (Å²) in [4.78, 5) is 12.7. The van der Waals surface area contributed by atoms with Gasteiger partial charge < -0.3 is 9.47 Å². The Labute approximate surface area is 226 Å². The maximum atomic E-state index is 13.3. The van der Waals surface area contributed by atoms with Crippen LogP contribution in [-0.2, 0) is 21.4 Å². The van der Waals surface area contributed by atoms with Crippen molar-refractivity contribution in [3.8, 4) is 11.5 Å². The van der Waals surface area contributed by atoms with E-state index in [-0.39, 0.29) is 11.4 Å². The number of amides is 1. The highest BCUT2D eigenvalue weighted by Crippen LogP contribution is 2.27. The van der Waals surface area contributed by atoms with Crippen LogP contribution in [0.25, 0.3) is 0 Å². The molecule has 3 aromatic rings. The van der Waals surface area contributed by atoms with Crippen LogP contribution in [0.1, 0.15) is 11.1 Å². The third kappa shape index (κ3) is 8.06.